The summed E-state index contributed by atoms with van der Waals surface area (Å²) in [5.41, 5.74) is 0. The Kier molecular flexibility index (Phi) is 2.17. The van der Waals surface area contributed by atoms with Crippen LogP contribution < -0.4 is 0 Å². The van der Waals surface area contributed by atoms with Gasteiger partial charge in [0.25, 0.3) is 11.7 Å². The van der Waals surface area contributed by atoms with Crippen LogP contribution in [0.15, 0.2) is 4.52 Å². The highest BCUT2D eigenvalue weighted by Crippen LogP contribution is 2.23. The van der Waals surface area contributed by atoms with Crippen molar-refractivity contribution in [2.75, 3.05) is 0 Å². The number of hydrogen-bond donors (Lipinski definition) is 0. The van der Waals surface area contributed by atoms with Gasteiger partial charge in [-0.05, 0) is 0 Å². The number of alkyl halides is 2. The summed E-state index contributed by atoms with van der Waals surface area (Å²) in [7, 11) is 4.44. The fraction of sp³-hybridized carbons (Fsp3) is 0.667. The average molecular weight is 172 g/mol. The van der Waals surface area contributed by atoms with Crippen LogP contribution in [0.5, 0.6) is 0 Å². The lowest BCUT2D eigenvalue weighted by Crippen LogP contribution is -2.13. The standard InChI is InChI=1S/C6H7BF2N2O/c1-3(2)4-10-5(12-11-4)6(7,8)9/h3H,1-2H3. The van der Waals surface area contributed by atoms with Gasteiger partial charge in [-0.1, -0.05) is 19.0 Å². The summed E-state index contributed by atoms with van der Waals surface area (Å²) < 4.78 is 28.9. The molecule has 0 aliphatic heterocycles. The molecule has 6 heteroatoms. The molecule has 3 nitrogen and oxygen atoms in total. The Morgan fingerprint density at radius 1 is 1.50 bits per heavy atom. The summed E-state index contributed by atoms with van der Waals surface area (Å²) in [6.07, 6.45) is 0. The highest BCUT2D eigenvalue weighted by molar-refractivity contribution is 6.12. The molecule has 1 heterocycles. The van der Waals surface area contributed by atoms with Gasteiger partial charge >= 0.3 is 0 Å². The van der Waals surface area contributed by atoms with E-state index < -0.39 is 11.7 Å². The highest BCUT2D eigenvalue weighted by Gasteiger charge is 2.31. The fourth-order valence-electron chi connectivity index (χ4n) is 0.605. The van der Waals surface area contributed by atoms with Crippen molar-refractivity contribution in [3.05, 3.63) is 11.7 Å². The molecule has 0 aliphatic carbocycles. The van der Waals surface area contributed by atoms with Crippen LogP contribution in [0.1, 0.15) is 31.5 Å². The predicted molar refractivity (Wildman–Crippen MR) is 38.0 cm³/mol. The van der Waals surface area contributed by atoms with Crippen molar-refractivity contribution in [2.45, 2.75) is 25.6 Å². The van der Waals surface area contributed by atoms with Gasteiger partial charge in [-0.3, -0.25) is 0 Å². The molecule has 0 saturated heterocycles. The van der Waals surface area contributed by atoms with Crippen LogP contribution in [0.4, 0.5) is 8.78 Å². The number of aromatic nitrogens is 2. The van der Waals surface area contributed by atoms with E-state index in [0.717, 1.165) is 0 Å². The predicted octanol–water partition coefficient (Wildman–Crippen LogP) is 1.41. The van der Waals surface area contributed by atoms with Gasteiger partial charge in [0.05, 0.1) is 0 Å². The van der Waals surface area contributed by atoms with E-state index in [0.29, 0.717) is 0 Å². The second kappa shape index (κ2) is 2.84. The first-order valence-electron chi connectivity index (χ1n) is 3.42. The van der Waals surface area contributed by atoms with Crippen LogP contribution in [-0.4, -0.2) is 18.0 Å². The van der Waals surface area contributed by atoms with E-state index in [2.05, 4.69) is 22.5 Å². The van der Waals surface area contributed by atoms with Gasteiger partial charge in [0.15, 0.2) is 13.7 Å². The Labute approximate surface area is 69.6 Å². The highest BCUT2D eigenvalue weighted by atomic mass is 19.3. The van der Waals surface area contributed by atoms with E-state index in [-0.39, 0.29) is 11.7 Å². The molecular weight excluding hydrogens is 165 g/mol. The SMILES string of the molecule is [B]C(F)(F)c1nc(C(C)C)no1. The smallest absolute Gasteiger partial charge is 0.285 e. The largest absolute Gasteiger partial charge is 0.334 e. The Morgan fingerprint density at radius 2 is 2.08 bits per heavy atom. The zero-order valence-corrected chi connectivity index (χ0v) is 6.71. The minimum Gasteiger partial charge on any atom is -0.334 e. The Balaban J connectivity index is 2.92. The molecular formula is C6H7BF2N2O. The summed E-state index contributed by atoms with van der Waals surface area (Å²) in [5, 5.41) is 3.34. The number of hydrogen-bond acceptors (Lipinski definition) is 3. The van der Waals surface area contributed by atoms with E-state index >= 15 is 0 Å². The second-order valence-electron chi connectivity index (χ2n) is 2.74. The van der Waals surface area contributed by atoms with Crippen molar-refractivity contribution >= 4 is 7.85 Å². The summed E-state index contributed by atoms with van der Waals surface area (Å²) >= 11 is 0. The van der Waals surface area contributed by atoms with Gasteiger partial charge in [0, 0.05) is 5.92 Å². The molecule has 1 rings (SSSR count). The third kappa shape index (κ3) is 1.81. The summed E-state index contributed by atoms with van der Waals surface area (Å²) in [5.74, 6) is -4.20. The average Bonchev–Trinajstić information content (AvgIpc) is 2.30. The Morgan fingerprint density at radius 3 is 2.33 bits per heavy atom. The van der Waals surface area contributed by atoms with Crippen molar-refractivity contribution < 1.29 is 13.3 Å². The molecule has 0 aromatic carbocycles. The van der Waals surface area contributed by atoms with Crippen LogP contribution in [0.3, 0.4) is 0 Å². The summed E-state index contributed by atoms with van der Waals surface area (Å²) in [6.45, 7) is 3.53. The summed E-state index contributed by atoms with van der Waals surface area (Å²) in [6, 6.07) is 0. The topological polar surface area (TPSA) is 38.9 Å². The van der Waals surface area contributed by atoms with Gasteiger partial charge in [0.1, 0.15) is 0 Å². The quantitative estimate of drug-likeness (QED) is 0.633. The van der Waals surface area contributed by atoms with Crippen molar-refractivity contribution in [2.24, 2.45) is 0 Å². The summed E-state index contributed by atoms with van der Waals surface area (Å²) in [4.78, 5) is 3.43. The molecule has 0 N–H and O–H groups in total. The number of nitrogens with zero attached hydrogens (tertiary/aromatic N) is 2. The number of rotatable bonds is 2. The lowest BCUT2D eigenvalue weighted by molar-refractivity contribution is 0.0542. The molecule has 2 radical (unpaired) electrons. The molecule has 0 atom stereocenters. The zero-order chi connectivity index (χ0) is 9.35. The van der Waals surface area contributed by atoms with E-state index in [1.807, 2.05) is 0 Å². The molecule has 1 aromatic rings. The maximum absolute atomic E-state index is 12.3. The second-order valence-corrected chi connectivity index (χ2v) is 2.74. The van der Waals surface area contributed by atoms with Crippen LogP contribution in [-0.2, 0) is 5.82 Å². The third-order valence-corrected chi connectivity index (χ3v) is 1.24. The molecule has 12 heavy (non-hydrogen) atoms. The lowest BCUT2D eigenvalue weighted by atomic mass is 9.99. The maximum Gasteiger partial charge on any atom is 0.285 e. The van der Waals surface area contributed by atoms with E-state index in [9.17, 15) is 8.78 Å². The van der Waals surface area contributed by atoms with Gasteiger partial charge in [-0.2, -0.15) is 4.98 Å². The van der Waals surface area contributed by atoms with Crippen molar-refractivity contribution in [3.8, 4) is 0 Å². The van der Waals surface area contributed by atoms with Crippen LogP contribution >= 0.6 is 0 Å². The van der Waals surface area contributed by atoms with Crippen LogP contribution in [0.2, 0.25) is 0 Å². The monoisotopic (exact) mass is 172 g/mol. The maximum atomic E-state index is 12.3. The normalized spacial score (nSPS) is 12.4. The molecule has 0 bridgehead atoms. The van der Waals surface area contributed by atoms with Gasteiger partial charge in [-0.25, -0.2) is 8.78 Å². The minimum atomic E-state index is -3.54. The van der Waals surface area contributed by atoms with Gasteiger partial charge < -0.3 is 4.52 Å². The molecule has 1 aromatic heterocycles. The Hall–Kier alpha value is -0.935. The van der Waals surface area contributed by atoms with E-state index in [1.54, 1.807) is 13.8 Å². The minimum absolute atomic E-state index is 0.0511. The zero-order valence-electron chi connectivity index (χ0n) is 6.71. The molecule has 0 amide bonds. The first-order valence-corrected chi connectivity index (χ1v) is 3.42. The third-order valence-electron chi connectivity index (χ3n) is 1.24. The van der Waals surface area contributed by atoms with Crippen molar-refractivity contribution in [1.29, 1.82) is 0 Å². The van der Waals surface area contributed by atoms with E-state index in [4.69, 9.17) is 0 Å². The molecule has 0 fully saturated rings. The molecule has 64 valence electrons. The first kappa shape index (κ1) is 9.16. The fourth-order valence-corrected chi connectivity index (χ4v) is 0.605. The first-order chi connectivity index (χ1) is 5.41. The van der Waals surface area contributed by atoms with Gasteiger partial charge in [-0.15, -0.1) is 0 Å². The van der Waals surface area contributed by atoms with Crippen LogP contribution in [0, 0.1) is 0 Å². The molecule has 0 aliphatic rings. The molecule has 0 unspecified atom stereocenters. The van der Waals surface area contributed by atoms with Gasteiger partial charge in [0.2, 0.25) is 0 Å². The van der Waals surface area contributed by atoms with Crippen molar-refractivity contribution in [3.63, 3.8) is 0 Å². The molecule has 0 saturated carbocycles. The van der Waals surface area contributed by atoms with Crippen LogP contribution in [0.25, 0.3) is 0 Å². The number of halogens is 2. The molecule has 0 spiro atoms. The lowest BCUT2D eigenvalue weighted by Gasteiger charge is -2.01. The van der Waals surface area contributed by atoms with E-state index in [1.165, 1.54) is 0 Å². The Bertz CT molecular complexity index is 269. The van der Waals surface area contributed by atoms with Crippen molar-refractivity contribution in [1.82, 2.24) is 10.1 Å².